The van der Waals surface area contributed by atoms with E-state index >= 15 is 0 Å². The summed E-state index contributed by atoms with van der Waals surface area (Å²) in [4.78, 5) is 0. The first kappa shape index (κ1) is 15.8. The second kappa shape index (κ2) is 6.76. The SMILES string of the molecule is CC(C)CC(CO)(CO)Cc1ccc(Cl)c(Cl)c1. The monoisotopic (exact) mass is 290 g/mol. The van der Waals surface area contributed by atoms with Crippen LogP contribution in [-0.2, 0) is 6.42 Å². The highest BCUT2D eigenvalue weighted by atomic mass is 35.5. The molecule has 0 atom stereocenters. The molecule has 0 bridgehead atoms. The molecule has 0 saturated carbocycles. The van der Waals surface area contributed by atoms with Gasteiger partial charge in [0.05, 0.1) is 23.3 Å². The highest BCUT2D eigenvalue weighted by molar-refractivity contribution is 6.42. The van der Waals surface area contributed by atoms with Crippen molar-refractivity contribution >= 4 is 23.2 Å². The number of hydrogen-bond donors (Lipinski definition) is 2. The Kier molecular flexibility index (Phi) is 5.93. The van der Waals surface area contributed by atoms with Gasteiger partial charge in [-0.3, -0.25) is 0 Å². The first-order chi connectivity index (χ1) is 8.42. The minimum atomic E-state index is -0.495. The summed E-state index contributed by atoms with van der Waals surface area (Å²) >= 11 is 11.9. The van der Waals surface area contributed by atoms with Crippen molar-refractivity contribution in [3.05, 3.63) is 33.8 Å². The maximum Gasteiger partial charge on any atom is 0.0595 e. The molecule has 0 aromatic heterocycles. The molecule has 1 aromatic rings. The summed E-state index contributed by atoms with van der Waals surface area (Å²) in [5, 5.41) is 20.2. The Labute approximate surface area is 119 Å². The molecule has 2 N–H and O–H groups in total. The predicted octanol–water partition coefficient (Wildman–Crippen LogP) is 3.55. The van der Waals surface area contributed by atoms with Crippen molar-refractivity contribution in [2.24, 2.45) is 11.3 Å². The molecule has 1 aromatic carbocycles. The standard InChI is InChI=1S/C14H20Cl2O2/c1-10(2)6-14(8-17,9-18)7-11-3-4-12(15)13(16)5-11/h3-5,10,17-18H,6-9H2,1-2H3. The first-order valence-corrected chi connectivity index (χ1v) is 6.84. The molecule has 0 fully saturated rings. The smallest absolute Gasteiger partial charge is 0.0595 e. The average molecular weight is 291 g/mol. The van der Waals surface area contributed by atoms with Crippen molar-refractivity contribution in [2.45, 2.75) is 26.7 Å². The van der Waals surface area contributed by atoms with Crippen molar-refractivity contribution in [3.63, 3.8) is 0 Å². The lowest BCUT2D eigenvalue weighted by atomic mass is 9.76. The first-order valence-electron chi connectivity index (χ1n) is 6.08. The van der Waals surface area contributed by atoms with Crippen molar-refractivity contribution in [2.75, 3.05) is 13.2 Å². The van der Waals surface area contributed by atoms with Gasteiger partial charge in [-0.15, -0.1) is 0 Å². The Bertz CT molecular complexity index is 387. The van der Waals surface area contributed by atoms with Gasteiger partial charge in [-0.1, -0.05) is 43.1 Å². The topological polar surface area (TPSA) is 40.5 Å². The Morgan fingerprint density at radius 2 is 1.72 bits per heavy atom. The Balaban J connectivity index is 2.92. The fourth-order valence-corrected chi connectivity index (χ4v) is 2.63. The van der Waals surface area contributed by atoms with Crippen molar-refractivity contribution in [1.29, 1.82) is 0 Å². The van der Waals surface area contributed by atoms with Crippen LogP contribution in [-0.4, -0.2) is 23.4 Å². The summed E-state index contributed by atoms with van der Waals surface area (Å²) in [6.07, 6.45) is 1.36. The minimum Gasteiger partial charge on any atom is -0.396 e. The quantitative estimate of drug-likeness (QED) is 0.841. The molecule has 4 heteroatoms. The summed E-state index contributed by atoms with van der Waals surface area (Å²) in [5.74, 6) is 0.409. The average Bonchev–Trinajstić information content (AvgIpc) is 2.32. The molecule has 1 rings (SSSR count). The van der Waals surface area contributed by atoms with Crippen LogP contribution in [0.3, 0.4) is 0 Å². The van der Waals surface area contributed by atoms with Gasteiger partial charge in [0, 0.05) is 5.41 Å². The lowest BCUT2D eigenvalue weighted by molar-refractivity contribution is 0.0370. The largest absolute Gasteiger partial charge is 0.396 e. The molecule has 18 heavy (non-hydrogen) atoms. The zero-order chi connectivity index (χ0) is 13.8. The molecule has 0 aliphatic heterocycles. The second-order valence-corrected chi connectivity index (χ2v) is 6.15. The lowest BCUT2D eigenvalue weighted by Crippen LogP contribution is -2.34. The van der Waals surface area contributed by atoms with Crippen LogP contribution in [0.1, 0.15) is 25.8 Å². The van der Waals surface area contributed by atoms with Crippen LogP contribution < -0.4 is 0 Å². The molecule has 0 aliphatic rings. The molecular weight excluding hydrogens is 271 g/mol. The molecule has 0 aliphatic carbocycles. The summed E-state index contributed by atoms with van der Waals surface area (Å²) in [5.41, 5.74) is 0.485. The number of aliphatic hydroxyl groups excluding tert-OH is 2. The lowest BCUT2D eigenvalue weighted by Gasteiger charge is -2.31. The van der Waals surface area contributed by atoms with Crippen LogP contribution in [0.25, 0.3) is 0 Å². The fourth-order valence-electron chi connectivity index (χ4n) is 2.31. The van der Waals surface area contributed by atoms with E-state index in [1.54, 1.807) is 12.1 Å². The third kappa shape index (κ3) is 4.13. The van der Waals surface area contributed by atoms with Gasteiger partial charge in [-0.25, -0.2) is 0 Å². The van der Waals surface area contributed by atoms with Gasteiger partial charge in [0.15, 0.2) is 0 Å². The molecule has 0 spiro atoms. The van der Waals surface area contributed by atoms with Gasteiger partial charge in [0.1, 0.15) is 0 Å². The Morgan fingerprint density at radius 3 is 2.17 bits per heavy atom. The van der Waals surface area contributed by atoms with Gasteiger partial charge < -0.3 is 10.2 Å². The Morgan fingerprint density at radius 1 is 1.11 bits per heavy atom. The van der Waals surface area contributed by atoms with Crippen LogP contribution in [0.15, 0.2) is 18.2 Å². The second-order valence-electron chi connectivity index (χ2n) is 5.34. The van der Waals surface area contributed by atoms with Crippen LogP contribution in [0.4, 0.5) is 0 Å². The third-order valence-electron chi connectivity index (χ3n) is 3.08. The van der Waals surface area contributed by atoms with Crippen LogP contribution >= 0.6 is 23.2 Å². The highest BCUT2D eigenvalue weighted by Crippen LogP contribution is 2.32. The zero-order valence-corrected chi connectivity index (χ0v) is 12.3. The summed E-state index contributed by atoms with van der Waals surface area (Å²) in [7, 11) is 0. The fraction of sp³-hybridized carbons (Fsp3) is 0.571. The maximum absolute atomic E-state index is 9.59. The number of halogens is 2. The van der Waals surface area contributed by atoms with Gasteiger partial charge in [-0.2, -0.15) is 0 Å². The van der Waals surface area contributed by atoms with Gasteiger partial charge in [-0.05, 0) is 36.5 Å². The number of benzene rings is 1. The molecule has 2 nitrogen and oxygen atoms in total. The molecule has 0 radical (unpaired) electrons. The van der Waals surface area contributed by atoms with E-state index in [0.717, 1.165) is 12.0 Å². The minimum absolute atomic E-state index is 0.0398. The van der Waals surface area contributed by atoms with Gasteiger partial charge in [0.2, 0.25) is 0 Å². The van der Waals surface area contributed by atoms with Crippen molar-refractivity contribution in [3.8, 4) is 0 Å². The number of hydrogen-bond acceptors (Lipinski definition) is 2. The molecule has 0 heterocycles. The normalized spacial score (nSPS) is 12.2. The van der Waals surface area contributed by atoms with E-state index in [-0.39, 0.29) is 13.2 Å². The number of rotatable bonds is 6. The molecule has 102 valence electrons. The van der Waals surface area contributed by atoms with E-state index in [9.17, 15) is 10.2 Å². The molecule has 0 amide bonds. The van der Waals surface area contributed by atoms with Crippen molar-refractivity contribution < 1.29 is 10.2 Å². The molecule has 0 saturated heterocycles. The Hall–Kier alpha value is -0.280. The van der Waals surface area contributed by atoms with Crippen LogP contribution in [0, 0.1) is 11.3 Å². The zero-order valence-electron chi connectivity index (χ0n) is 10.8. The highest BCUT2D eigenvalue weighted by Gasteiger charge is 2.30. The predicted molar refractivity (Wildman–Crippen MR) is 76.2 cm³/mol. The van der Waals surface area contributed by atoms with Crippen molar-refractivity contribution in [1.82, 2.24) is 0 Å². The molecule has 0 unspecified atom stereocenters. The maximum atomic E-state index is 9.59. The summed E-state index contributed by atoms with van der Waals surface area (Å²) in [6, 6.07) is 5.42. The summed E-state index contributed by atoms with van der Waals surface area (Å²) in [6.45, 7) is 4.08. The van der Waals surface area contributed by atoms with E-state index in [1.807, 2.05) is 6.07 Å². The summed E-state index contributed by atoms with van der Waals surface area (Å²) < 4.78 is 0. The van der Waals surface area contributed by atoms with E-state index in [0.29, 0.717) is 22.4 Å². The molecular formula is C14H20Cl2O2. The van der Waals surface area contributed by atoms with Gasteiger partial charge in [0.25, 0.3) is 0 Å². The third-order valence-corrected chi connectivity index (χ3v) is 3.81. The van der Waals surface area contributed by atoms with E-state index in [2.05, 4.69) is 13.8 Å². The van der Waals surface area contributed by atoms with Crippen LogP contribution in [0.2, 0.25) is 10.0 Å². The number of aliphatic hydroxyl groups is 2. The van der Waals surface area contributed by atoms with Gasteiger partial charge >= 0.3 is 0 Å². The van der Waals surface area contributed by atoms with E-state index < -0.39 is 5.41 Å². The van der Waals surface area contributed by atoms with Crippen LogP contribution in [0.5, 0.6) is 0 Å². The van der Waals surface area contributed by atoms with E-state index in [1.165, 1.54) is 0 Å². The van der Waals surface area contributed by atoms with E-state index in [4.69, 9.17) is 23.2 Å².